The van der Waals surface area contributed by atoms with Gasteiger partial charge in [-0.05, 0) is 30.2 Å². The Hall–Kier alpha value is -1.88. The van der Waals surface area contributed by atoms with E-state index in [0.29, 0.717) is 18.7 Å². The molecule has 0 saturated carbocycles. The van der Waals surface area contributed by atoms with Crippen LogP contribution in [-0.4, -0.2) is 40.9 Å². The van der Waals surface area contributed by atoms with E-state index in [-0.39, 0.29) is 11.3 Å². The van der Waals surface area contributed by atoms with Crippen molar-refractivity contribution in [1.29, 1.82) is 0 Å². The SMILES string of the molecule is CN(CC(C)(C)CN)C(=O)c1ccc2nc[nH]c2c1. The van der Waals surface area contributed by atoms with Crippen molar-refractivity contribution in [1.82, 2.24) is 14.9 Å². The molecular weight excluding hydrogens is 240 g/mol. The highest BCUT2D eigenvalue weighted by molar-refractivity contribution is 5.97. The molecule has 1 heterocycles. The molecule has 1 aromatic carbocycles. The zero-order valence-electron chi connectivity index (χ0n) is 11.6. The third kappa shape index (κ3) is 2.93. The van der Waals surface area contributed by atoms with Crippen molar-refractivity contribution >= 4 is 16.9 Å². The van der Waals surface area contributed by atoms with Crippen LogP contribution in [0, 0.1) is 5.41 Å². The smallest absolute Gasteiger partial charge is 0.253 e. The highest BCUT2D eigenvalue weighted by atomic mass is 16.2. The lowest BCUT2D eigenvalue weighted by Crippen LogP contribution is -2.39. The van der Waals surface area contributed by atoms with Crippen LogP contribution in [0.5, 0.6) is 0 Å². The largest absolute Gasteiger partial charge is 0.345 e. The van der Waals surface area contributed by atoms with E-state index in [0.717, 1.165) is 11.0 Å². The third-order valence-electron chi connectivity index (χ3n) is 3.23. The Kier molecular flexibility index (Phi) is 3.57. The molecule has 0 aliphatic heterocycles. The summed E-state index contributed by atoms with van der Waals surface area (Å²) >= 11 is 0. The fourth-order valence-electron chi connectivity index (χ4n) is 2.07. The van der Waals surface area contributed by atoms with Gasteiger partial charge in [-0.2, -0.15) is 0 Å². The van der Waals surface area contributed by atoms with Gasteiger partial charge in [-0.3, -0.25) is 4.79 Å². The van der Waals surface area contributed by atoms with Gasteiger partial charge in [0, 0.05) is 19.2 Å². The number of rotatable bonds is 4. The first kappa shape index (κ1) is 13.5. The summed E-state index contributed by atoms with van der Waals surface area (Å²) in [4.78, 5) is 21.2. The Morgan fingerprint density at radius 2 is 2.21 bits per heavy atom. The maximum Gasteiger partial charge on any atom is 0.253 e. The molecule has 0 atom stereocenters. The Bertz CT molecular complexity index is 588. The predicted octanol–water partition coefficient (Wildman–Crippen LogP) is 1.62. The van der Waals surface area contributed by atoms with Crippen molar-refractivity contribution in [2.45, 2.75) is 13.8 Å². The second kappa shape index (κ2) is 5.01. The van der Waals surface area contributed by atoms with E-state index in [9.17, 15) is 4.79 Å². The Morgan fingerprint density at radius 1 is 1.47 bits per heavy atom. The van der Waals surface area contributed by atoms with E-state index >= 15 is 0 Å². The van der Waals surface area contributed by atoms with Gasteiger partial charge in [0.25, 0.3) is 5.91 Å². The van der Waals surface area contributed by atoms with Crippen LogP contribution in [0.15, 0.2) is 24.5 Å². The lowest BCUT2D eigenvalue weighted by Gasteiger charge is -2.29. The molecule has 0 aliphatic rings. The number of carbonyl (C=O) groups excluding carboxylic acids is 1. The van der Waals surface area contributed by atoms with Gasteiger partial charge < -0.3 is 15.6 Å². The van der Waals surface area contributed by atoms with E-state index in [1.807, 2.05) is 12.1 Å². The van der Waals surface area contributed by atoms with Crippen LogP contribution in [0.25, 0.3) is 11.0 Å². The maximum absolute atomic E-state index is 12.4. The quantitative estimate of drug-likeness (QED) is 0.877. The van der Waals surface area contributed by atoms with Crippen LogP contribution >= 0.6 is 0 Å². The van der Waals surface area contributed by atoms with Crippen LogP contribution in [0.1, 0.15) is 24.2 Å². The van der Waals surface area contributed by atoms with Crippen LogP contribution < -0.4 is 5.73 Å². The molecule has 0 aliphatic carbocycles. The minimum Gasteiger partial charge on any atom is -0.345 e. The molecule has 0 unspecified atom stereocenters. The van der Waals surface area contributed by atoms with E-state index < -0.39 is 0 Å². The molecule has 0 saturated heterocycles. The summed E-state index contributed by atoms with van der Waals surface area (Å²) < 4.78 is 0. The number of nitrogens with one attached hydrogen (secondary N) is 1. The molecule has 102 valence electrons. The molecule has 0 radical (unpaired) electrons. The number of nitrogens with zero attached hydrogens (tertiary/aromatic N) is 2. The van der Waals surface area contributed by atoms with Crippen molar-refractivity contribution in [3.05, 3.63) is 30.1 Å². The molecule has 0 fully saturated rings. The maximum atomic E-state index is 12.4. The topological polar surface area (TPSA) is 75.0 Å². The normalized spacial score (nSPS) is 11.8. The van der Waals surface area contributed by atoms with Crippen molar-refractivity contribution in [3.8, 4) is 0 Å². The zero-order chi connectivity index (χ0) is 14.0. The second-order valence-corrected chi connectivity index (χ2v) is 5.66. The summed E-state index contributed by atoms with van der Waals surface area (Å²) in [5.74, 6) is -0.00183. The summed E-state index contributed by atoms with van der Waals surface area (Å²) in [6, 6.07) is 5.48. The number of hydrogen-bond donors (Lipinski definition) is 2. The minimum atomic E-state index is -0.0809. The summed E-state index contributed by atoms with van der Waals surface area (Å²) in [5, 5.41) is 0. The van der Waals surface area contributed by atoms with Crippen molar-refractivity contribution in [2.24, 2.45) is 11.1 Å². The number of hydrogen-bond acceptors (Lipinski definition) is 3. The van der Waals surface area contributed by atoms with E-state index in [1.165, 1.54) is 0 Å². The van der Waals surface area contributed by atoms with Gasteiger partial charge in [-0.1, -0.05) is 13.8 Å². The van der Waals surface area contributed by atoms with E-state index in [4.69, 9.17) is 5.73 Å². The molecular formula is C14H20N4O. The lowest BCUT2D eigenvalue weighted by molar-refractivity contribution is 0.0740. The first-order chi connectivity index (χ1) is 8.93. The molecule has 19 heavy (non-hydrogen) atoms. The number of amides is 1. The first-order valence-electron chi connectivity index (χ1n) is 6.32. The summed E-state index contributed by atoms with van der Waals surface area (Å²) in [7, 11) is 1.80. The van der Waals surface area contributed by atoms with Crippen molar-refractivity contribution < 1.29 is 4.79 Å². The van der Waals surface area contributed by atoms with E-state index in [1.54, 1.807) is 24.3 Å². The number of carbonyl (C=O) groups is 1. The monoisotopic (exact) mass is 260 g/mol. The van der Waals surface area contributed by atoms with Crippen molar-refractivity contribution in [2.75, 3.05) is 20.1 Å². The van der Waals surface area contributed by atoms with Crippen molar-refractivity contribution in [3.63, 3.8) is 0 Å². The van der Waals surface area contributed by atoms with Gasteiger partial charge in [-0.15, -0.1) is 0 Å². The molecule has 5 heteroatoms. The predicted molar refractivity (Wildman–Crippen MR) is 75.9 cm³/mol. The molecule has 0 bridgehead atoms. The summed E-state index contributed by atoms with van der Waals surface area (Å²) in [6.07, 6.45) is 1.63. The number of aromatic amines is 1. The Balaban J connectivity index is 2.18. The van der Waals surface area contributed by atoms with Gasteiger partial charge in [0.1, 0.15) is 0 Å². The van der Waals surface area contributed by atoms with Crippen LogP contribution in [0.2, 0.25) is 0 Å². The van der Waals surface area contributed by atoms with Gasteiger partial charge in [-0.25, -0.2) is 4.98 Å². The fourth-order valence-corrected chi connectivity index (χ4v) is 2.07. The lowest BCUT2D eigenvalue weighted by atomic mass is 9.93. The van der Waals surface area contributed by atoms with Crippen LogP contribution in [0.3, 0.4) is 0 Å². The number of nitrogens with two attached hydrogens (primary N) is 1. The van der Waals surface area contributed by atoms with Gasteiger partial charge in [0.05, 0.1) is 17.4 Å². The highest BCUT2D eigenvalue weighted by Crippen LogP contribution is 2.17. The van der Waals surface area contributed by atoms with Gasteiger partial charge >= 0.3 is 0 Å². The van der Waals surface area contributed by atoms with Gasteiger partial charge in [0.15, 0.2) is 0 Å². The average Bonchev–Trinajstić information content (AvgIpc) is 2.84. The fraction of sp³-hybridized carbons (Fsp3) is 0.429. The third-order valence-corrected chi connectivity index (χ3v) is 3.23. The van der Waals surface area contributed by atoms with Gasteiger partial charge in [0.2, 0.25) is 0 Å². The average molecular weight is 260 g/mol. The summed E-state index contributed by atoms with van der Waals surface area (Å²) in [6.45, 7) is 5.28. The molecule has 2 aromatic rings. The molecule has 5 nitrogen and oxygen atoms in total. The van der Waals surface area contributed by atoms with Crippen LogP contribution in [0.4, 0.5) is 0 Å². The molecule has 0 spiro atoms. The molecule has 1 aromatic heterocycles. The first-order valence-corrected chi connectivity index (χ1v) is 6.32. The molecule has 3 N–H and O–H groups in total. The standard InChI is InChI=1S/C14H20N4O/c1-14(2,7-15)8-18(3)13(19)10-4-5-11-12(6-10)17-9-16-11/h4-6,9H,7-8,15H2,1-3H3,(H,16,17). The summed E-state index contributed by atoms with van der Waals surface area (Å²) in [5.41, 5.74) is 8.02. The number of benzene rings is 1. The number of H-pyrrole nitrogens is 1. The molecule has 2 rings (SSSR count). The van der Waals surface area contributed by atoms with Crippen LogP contribution in [-0.2, 0) is 0 Å². The zero-order valence-corrected chi connectivity index (χ0v) is 11.6. The second-order valence-electron chi connectivity index (χ2n) is 5.66. The number of imidazole rings is 1. The minimum absolute atomic E-state index is 0.00183. The molecule has 1 amide bonds. The highest BCUT2D eigenvalue weighted by Gasteiger charge is 2.22. The Morgan fingerprint density at radius 3 is 2.89 bits per heavy atom. The number of fused-ring (bicyclic) bond motifs is 1. The van der Waals surface area contributed by atoms with E-state index in [2.05, 4.69) is 23.8 Å². The number of aromatic nitrogens is 2. The Labute approximate surface area is 112 Å².